The number of aliphatic imine (C=N–C) groups is 1. The highest BCUT2D eigenvalue weighted by Crippen LogP contribution is 2.21. The SMILES string of the molecule is CCNC(=NCC1CN2CCN1CC2)N1CCC(C(=O)N2CCOCC2)CC1.I. The third-order valence-electron chi connectivity index (χ3n) is 6.65. The second-order valence-corrected chi connectivity index (χ2v) is 8.38. The molecule has 5 fully saturated rings. The van der Waals surface area contributed by atoms with E-state index in [-0.39, 0.29) is 29.9 Å². The van der Waals surface area contributed by atoms with Crippen molar-refractivity contribution in [2.24, 2.45) is 10.9 Å². The summed E-state index contributed by atoms with van der Waals surface area (Å²) >= 11 is 0. The highest BCUT2D eigenvalue weighted by Gasteiger charge is 2.33. The third-order valence-corrected chi connectivity index (χ3v) is 6.65. The molecule has 5 aliphatic rings. The number of carbonyl (C=O) groups is 1. The van der Waals surface area contributed by atoms with E-state index in [0.717, 1.165) is 64.6 Å². The average molecular weight is 520 g/mol. The normalized spacial score (nSPS) is 30.8. The number of amides is 1. The van der Waals surface area contributed by atoms with Gasteiger partial charge in [-0.25, -0.2) is 0 Å². The van der Waals surface area contributed by atoms with Crippen LogP contribution in [-0.2, 0) is 9.53 Å². The lowest BCUT2D eigenvalue weighted by Gasteiger charge is -2.47. The number of rotatable bonds is 4. The number of likely N-dealkylation sites (tertiary alicyclic amines) is 1. The number of piperazine rings is 3. The summed E-state index contributed by atoms with van der Waals surface area (Å²) < 4.78 is 5.38. The van der Waals surface area contributed by atoms with Gasteiger partial charge in [-0.1, -0.05) is 0 Å². The number of nitrogens with one attached hydrogen (secondary N) is 1. The fourth-order valence-corrected chi connectivity index (χ4v) is 4.90. The van der Waals surface area contributed by atoms with Gasteiger partial charge >= 0.3 is 0 Å². The van der Waals surface area contributed by atoms with E-state index in [1.54, 1.807) is 0 Å². The van der Waals surface area contributed by atoms with Crippen molar-refractivity contribution in [3.05, 3.63) is 0 Å². The van der Waals surface area contributed by atoms with Crippen LogP contribution in [0, 0.1) is 5.92 Å². The van der Waals surface area contributed by atoms with Crippen molar-refractivity contribution in [2.45, 2.75) is 25.8 Å². The number of fused-ring (bicyclic) bond motifs is 3. The molecule has 2 bridgehead atoms. The predicted octanol–water partition coefficient (Wildman–Crippen LogP) is 0.141. The minimum atomic E-state index is 0. The van der Waals surface area contributed by atoms with Crippen LogP contribution in [0.1, 0.15) is 19.8 Å². The molecular formula is C20H37IN6O2. The Morgan fingerprint density at radius 2 is 1.69 bits per heavy atom. The Labute approximate surface area is 192 Å². The smallest absolute Gasteiger partial charge is 0.225 e. The Bertz CT molecular complexity index is 555. The van der Waals surface area contributed by atoms with Crippen LogP contribution in [0.2, 0.25) is 0 Å². The van der Waals surface area contributed by atoms with Gasteiger partial charge in [0.15, 0.2) is 5.96 Å². The van der Waals surface area contributed by atoms with Crippen molar-refractivity contribution in [2.75, 3.05) is 85.2 Å². The van der Waals surface area contributed by atoms with Gasteiger partial charge in [-0.2, -0.15) is 0 Å². The number of ether oxygens (including phenoxy) is 1. The lowest BCUT2D eigenvalue weighted by atomic mass is 9.95. The number of hydrogen-bond acceptors (Lipinski definition) is 5. The van der Waals surface area contributed by atoms with Crippen LogP contribution in [0.4, 0.5) is 0 Å². The summed E-state index contributed by atoms with van der Waals surface area (Å²) in [4.78, 5) is 27.3. The summed E-state index contributed by atoms with van der Waals surface area (Å²) in [6.45, 7) is 14.5. The minimum Gasteiger partial charge on any atom is -0.378 e. The first-order valence-electron chi connectivity index (χ1n) is 11.1. The molecule has 0 saturated carbocycles. The molecule has 1 amide bonds. The van der Waals surface area contributed by atoms with Crippen LogP contribution in [-0.4, -0.2) is 123 Å². The quantitative estimate of drug-likeness (QED) is 0.324. The molecule has 0 radical (unpaired) electrons. The van der Waals surface area contributed by atoms with E-state index in [1.165, 1.54) is 26.2 Å². The van der Waals surface area contributed by atoms with Crippen molar-refractivity contribution in [1.82, 2.24) is 24.9 Å². The number of piperidine rings is 1. The van der Waals surface area contributed by atoms with Crippen LogP contribution in [0.3, 0.4) is 0 Å². The van der Waals surface area contributed by atoms with Crippen LogP contribution in [0.25, 0.3) is 0 Å². The third kappa shape index (κ3) is 5.74. The summed E-state index contributed by atoms with van der Waals surface area (Å²) in [5, 5.41) is 3.48. The molecule has 5 saturated heterocycles. The van der Waals surface area contributed by atoms with E-state index in [4.69, 9.17) is 9.73 Å². The van der Waals surface area contributed by atoms with Crippen molar-refractivity contribution in [1.29, 1.82) is 0 Å². The van der Waals surface area contributed by atoms with E-state index in [0.29, 0.717) is 25.2 Å². The summed E-state index contributed by atoms with van der Waals surface area (Å²) in [6.07, 6.45) is 1.84. The Balaban J connectivity index is 0.00000240. The number of halogens is 1. The molecule has 166 valence electrons. The second-order valence-electron chi connectivity index (χ2n) is 8.38. The molecule has 1 atom stereocenters. The zero-order valence-corrected chi connectivity index (χ0v) is 20.1. The fraction of sp³-hybridized carbons (Fsp3) is 0.900. The highest BCUT2D eigenvalue weighted by atomic mass is 127. The zero-order chi connectivity index (χ0) is 19.3. The lowest BCUT2D eigenvalue weighted by molar-refractivity contribution is -0.140. The summed E-state index contributed by atoms with van der Waals surface area (Å²) in [6, 6.07) is 0.552. The number of carbonyl (C=O) groups excluding carboxylic acids is 1. The Hall–Kier alpha value is -0.650. The van der Waals surface area contributed by atoms with Crippen molar-refractivity contribution in [3.8, 4) is 0 Å². The van der Waals surface area contributed by atoms with E-state index in [1.807, 2.05) is 4.90 Å². The molecule has 0 spiro atoms. The van der Waals surface area contributed by atoms with Gasteiger partial charge in [0, 0.05) is 77.4 Å². The molecular weight excluding hydrogens is 483 g/mol. The lowest BCUT2D eigenvalue weighted by Crippen LogP contribution is -2.62. The van der Waals surface area contributed by atoms with Gasteiger partial charge in [0.05, 0.1) is 19.8 Å². The minimum absolute atomic E-state index is 0. The summed E-state index contributed by atoms with van der Waals surface area (Å²) in [5.41, 5.74) is 0. The molecule has 0 aromatic heterocycles. The van der Waals surface area contributed by atoms with E-state index in [9.17, 15) is 4.79 Å². The van der Waals surface area contributed by atoms with Gasteiger partial charge in [-0.15, -0.1) is 24.0 Å². The van der Waals surface area contributed by atoms with Gasteiger partial charge in [0.2, 0.25) is 5.91 Å². The predicted molar refractivity (Wildman–Crippen MR) is 125 cm³/mol. The van der Waals surface area contributed by atoms with Gasteiger partial charge in [-0.05, 0) is 19.8 Å². The van der Waals surface area contributed by atoms with Gasteiger partial charge in [-0.3, -0.25) is 19.6 Å². The van der Waals surface area contributed by atoms with Gasteiger partial charge in [0.1, 0.15) is 0 Å². The number of morpholine rings is 1. The Kier molecular flexibility index (Phi) is 8.82. The van der Waals surface area contributed by atoms with Crippen LogP contribution < -0.4 is 5.32 Å². The first-order valence-corrected chi connectivity index (χ1v) is 11.1. The maximum Gasteiger partial charge on any atom is 0.225 e. The molecule has 1 N–H and O–H groups in total. The summed E-state index contributed by atoms with van der Waals surface area (Å²) in [5.74, 6) is 1.51. The molecule has 1 unspecified atom stereocenters. The molecule has 0 aromatic carbocycles. The Morgan fingerprint density at radius 1 is 1.00 bits per heavy atom. The largest absolute Gasteiger partial charge is 0.378 e. The topological polar surface area (TPSA) is 63.7 Å². The first kappa shape index (κ1) is 23.0. The summed E-state index contributed by atoms with van der Waals surface area (Å²) in [7, 11) is 0. The first-order chi connectivity index (χ1) is 13.7. The van der Waals surface area contributed by atoms with Gasteiger partial charge < -0.3 is 19.9 Å². The number of guanidine groups is 1. The molecule has 5 aliphatic heterocycles. The van der Waals surface area contributed by atoms with Crippen molar-refractivity contribution in [3.63, 3.8) is 0 Å². The van der Waals surface area contributed by atoms with Crippen LogP contribution >= 0.6 is 24.0 Å². The second kappa shape index (κ2) is 11.1. The number of nitrogens with zero attached hydrogens (tertiary/aromatic N) is 5. The monoisotopic (exact) mass is 520 g/mol. The fourth-order valence-electron chi connectivity index (χ4n) is 4.90. The molecule has 5 heterocycles. The van der Waals surface area contributed by atoms with Crippen LogP contribution in [0.15, 0.2) is 4.99 Å². The molecule has 8 nitrogen and oxygen atoms in total. The average Bonchev–Trinajstić information content (AvgIpc) is 2.78. The molecule has 0 aliphatic carbocycles. The van der Waals surface area contributed by atoms with E-state index in [2.05, 4.69) is 26.9 Å². The van der Waals surface area contributed by atoms with E-state index < -0.39 is 0 Å². The maximum absolute atomic E-state index is 12.8. The standard InChI is InChI=1S/C20H36N6O2.HI/c1-2-21-20(22-15-18-16-23-7-9-24(18)10-8-23)26-5-3-17(4-6-26)19(27)25-11-13-28-14-12-25;/h17-18H,2-16H2,1H3,(H,21,22);1H. The van der Waals surface area contributed by atoms with E-state index >= 15 is 0 Å². The zero-order valence-electron chi connectivity index (χ0n) is 17.7. The van der Waals surface area contributed by atoms with Crippen LogP contribution in [0.5, 0.6) is 0 Å². The van der Waals surface area contributed by atoms with Crippen molar-refractivity contribution >= 4 is 35.8 Å². The maximum atomic E-state index is 12.8. The number of hydrogen-bond donors (Lipinski definition) is 1. The molecule has 29 heavy (non-hydrogen) atoms. The molecule has 0 aromatic rings. The van der Waals surface area contributed by atoms with Gasteiger partial charge in [0.25, 0.3) is 0 Å². The highest BCUT2D eigenvalue weighted by molar-refractivity contribution is 14.0. The molecule has 9 heteroatoms. The van der Waals surface area contributed by atoms with Crippen molar-refractivity contribution < 1.29 is 9.53 Å². The Morgan fingerprint density at radius 3 is 2.28 bits per heavy atom. The molecule has 5 rings (SSSR count).